The first kappa shape index (κ1) is 12.4. The van der Waals surface area contributed by atoms with Crippen LogP contribution in [0.4, 0.5) is 5.69 Å². The summed E-state index contributed by atoms with van der Waals surface area (Å²) >= 11 is 1.59. The van der Waals surface area contributed by atoms with Crippen LogP contribution in [0.25, 0.3) is 11.1 Å². The highest BCUT2D eigenvalue weighted by atomic mass is 32.2. The molecule has 1 saturated heterocycles. The fourth-order valence-corrected chi connectivity index (χ4v) is 3.18. The van der Waals surface area contributed by atoms with E-state index in [1.807, 2.05) is 0 Å². The van der Waals surface area contributed by atoms with Gasteiger partial charge < -0.3 is 9.73 Å². The molecule has 1 aliphatic rings. The molecule has 0 unspecified atom stereocenters. The van der Waals surface area contributed by atoms with Gasteiger partial charge in [0.05, 0.1) is 4.92 Å². The number of non-ortho nitro benzene ring substituents is 1. The van der Waals surface area contributed by atoms with Crippen LogP contribution in [0.5, 0.6) is 0 Å². The van der Waals surface area contributed by atoms with Gasteiger partial charge >= 0.3 is 0 Å². The van der Waals surface area contributed by atoms with Gasteiger partial charge in [-0.25, -0.2) is 4.98 Å². The Balaban J connectivity index is 1.82. The van der Waals surface area contributed by atoms with Crippen LogP contribution in [0.1, 0.15) is 12.8 Å². The van der Waals surface area contributed by atoms with Gasteiger partial charge in [0.15, 0.2) is 5.58 Å². The zero-order chi connectivity index (χ0) is 13.2. The molecule has 0 radical (unpaired) electrons. The van der Waals surface area contributed by atoms with Crippen molar-refractivity contribution >= 4 is 28.5 Å². The minimum Gasteiger partial charge on any atom is -0.431 e. The van der Waals surface area contributed by atoms with Crippen LogP contribution in [0.15, 0.2) is 27.8 Å². The summed E-state index contributed by atoms with van der Waals surface area (Å²) < 4.78 is 5.61. The Hall–Kier alpha value is -1.60. The molecular weight excluding hydrogens is 266 g/mol. The second-order valence-corrected chi connectivity index (χ2v) is 5.73. The second kappa shape index (κ2) is 5.18. The first-order valence-electron chi connectivity index (χ1n) is 6.15. The quantitative estimate of drug-likeness (QED) is 0.687. The van der Waals surface area contributed by atoms with Crippen LogP contribution >= 0.6 is 11.8 Å². The number of oxazole rings is 1. The van der Waals surface area contributed by atoms with E-state index < -0.39 is 4.92 Å². The number of nitrogens with zero attached hydrogens (tertiary/aromatic N) is 2. The summed E-state index contributed by atoms with van der Waals surface area (Å²) in [7, 11) is 0. The van der Waals surface area contributed by atoms with E-state index in [2.05, 4.69) is 10.3 Å². The van der Waals surface area contributed by atoms with Crippen molar-refractivity contribution in [3.63, 3.8) is 0 Å². The number of nitrogens with one attached hydrogen (secondary N) is 1. The summed E-state index contributed by atoms with van der Waals surface area (Å²) in [5, 5.41) is 15.1. The molecule has 0 amide bonds. The van der Waals surface area contributed by atoms with E-state index in [0.717, 1.165) is 25.9 Å². The number of thioether (sulfide) groups is 1. The van der Waals surface area contributed by atoms with E-state index >= 15 is 0 Å². The van der Waals surface area contributed by atoms with Crippen LogP contribution in [0.2, 0.25) is 0 Å². The first-order chi connectivity index (χ1) is 9.22. The third-order valence-corrected chi connectivity index (χ3v) is 4.19. The van der Waals surface area contributed by atoms with Crippen molar-refractivity contribution in [3.8, 4) is 0 Å². The highest BCUT2D eigenvalue weighted by Crippen LogP contribution is 2.30. The van der Waals surface area contributed by atoms with Crippen LogP contribution < -0.4 is 5.32 Å². The number of hydrogen-bond donors (Lipinski definition) is 1. The topological polar surface area (TPSA) is 81.2 Å². The van der Waals surface area contributed by atoms with Crippen LogP contribution in [0.3, 0.4) is 0 Å². The Bertz CT molecular complexity index is 607. The summed E-state index contributed by atoms with van der Waals surface area (Å²) in [6.45, 7) is 2.01. The van der Waals surface area contributed by atoms with E-state index in [4.69, 9.17) is 4.42 Å². The molecule has 19 heavy (non-hydrogen) atoms. The molecule has 0 aliphatic carbocycles. The van der Waals surface area contributed by atoms with Gasteiger partial charge in [-0.1, -0.05) is 11.8 Å². The molecule has 3 rings (SSSR count). The Morgan fingerprint density at radius 2 is 2.42 bits per heavy atom. The Morgan fingerprint density at radius 1 is 1.53 bits per heavy atom. The van der Waals surface area contributed by atoms with E-state index in [9.17, 15) is 10.1 Å². The lowest BCUT2D eigenvalue weighted by molar-refractivity contribution is -0.384. The molecule has 2 aromatic rings. The molecule has 0 saturated carbocycles. The van der Waals surface area contributed by atoms with E-state index in [1.54, 1.807) is 17.8 Å². The van der Waals surface area contributed by atoms with Gasteiger partial charge in [-0.15, -0.1) is 0 Å². The summed E-state index contributed by atoms with van der Waals surface area (Å²) in [6, 6.07) is 4.48. The molecule has 2 heterocycles. The zero-order valence-electron chi connectivity index (χ0n) is 10.2. The third-order valence-electron chi connectivity index (χ3n) is 3.08. The molecule has 6 nitrogen and oxygen atoms in total. The number of nitro benzene ring substituents is 1. The molecular formula is C12H13N3O3S. The van der Waals surface area contributed by atoms with Crippen molar-refractivity contribution < 1.29 is 9.34 Å². The Kier molecular flexibility index (Phi) is 3.39. The van der Waals surface area contributed by atoms with Gasteiger partial charge in [0, 0.05) is 23.9 Å². The molecule has 1 fully saturated rings. The molecule has 100 valence electrons. The normalized spacial score (nSPS) is 19.7. The lowest BCUT2D eigenvalue weighted by Crippen LogP contribution is -2.31. The zero-order valence-corrected chi connectivity index (χ0v) is 11.0. The van der Waals surface area contributed by atoms with Crippen LogP contribution in [0, 0.1) is 10.1 Å². The molecule has 1 aromatic carbocycles. The molecule has 1 N–H and O–H groups in total. The predicted octanol–water partition coefficient (Wildman–Crippen LogP) is 2.58. The number of fused-ring (bicyclic) bond motifs is 1. The third kappa shape index (κ3) is 2.71. The largest absolute Gasteiger partial charge is 0.431 e. The lowest BCUT2D eigenvalue weighted by Gasteiger charge is -2.20. The standard InChI is InChI=1S/C12H13N3O3S/c16-15(17)8-3-4-11-10(6-8)14-12(18-11)19-9-2-1-5-13-7-9/h3-4,6,9,13H,1-2,5,7H2/t9-/m1/s1. The molecule has 7 heteroatoms. The van der Waals surface area contributed by atoms with Crippen molar-refractivity contribution in [3.05, 3.63) is 28.3 Å². The minimum atomic E-state index is -0.425. The Morgan fingerprint density at radius 3 is 3.16 bits per heavy atom. The average molecular weight is 279 g/mol. The van der Waals surface area contributed by atoms with Crippen molar-refractivity contribution in [1.82, 2.24) is 10.3 Å². The van der Waals surface area contributed by atoms with Crippen LogP contribution in [-0.2, 0) is 0 Å². The average Bonchev–Trinajstić information content (AvgIpc) is 2.80. The van der Waals surface area contributed by atoms with Gasteiger partial charge in [0.25, 0.3) is 10.9 Å². The number of piperidine rings is 1. The molecule has 1 aromatic heterocycles. The highest BCUT2D eigenvalue weighted by molar-refractivity contribution is 7.99. The fraction of sp³-hybridized carbons (Fsp3) is 0.417. The lowest BCUT2D eigenvalue weighted by atomic mass is 10.2. The minimum absolute atomic E-state index is 0.0386. The monoisotopic (exact) mass is 279 g/mol. The Labute approximate surface area is 113 Å². The maximum absolute atomic E-state index is 10.7. The summed E-state index contributed by atoms with van der Waals surface area (Å²) in [5.41, 5.74) is 1.18. The second-order valence-electron chi connectivity index (χ2n) is 4.48. The van der Waals surface area contributed by atoms with Crippen molar-refractivity contribution in [2.45, 2.75) is 23.3 Å². The fourth-order valence-electron chi connectivity index (χ4n) is 2.12. The first-order valence-corrected chi connectivity index (χ1v) is 7.03. The van der Waals surface area contributed by atoms with Gasteiger partial charge in [0.1, 0.15) is 5.52 Å². The number of nitro groups is 1. The summed E-state index contributed by atoms with van der Waals surface area (Å²) in [4.78, 5) is 14.6. The SMILES string of the molecule is O=[N+]([O-])c1ccc2oc(S[C@@H]3CCCNC3)nc2c1. The van der Waals surface area contributed by atoms with Crippen molar-refractivity contribution in [2.24, 2.45) is 0 Å². The maximum Gasteiger partial charge on any atom is 0.271 e. The number of rotatable bonds is 3. The smallest absolute Gasteiger partial charge is 0.271 e. The van der Waals surface area contributed by atoms with Crippen molar-refractivity contribution in [1.29, 1.82) is 0 Å². The summed E-state index contributed by atoms with van der Waals surface area (Å²) in [6.07, 6.45) is 2.29. The highest BCUT2D eigenvalue weighted by Gasteiger charge is 2.18. The van der Waals surface area contributed by atoms with Gasteiger partial charge in [0.2, 0.25) is 0 Å². The number of aromatic nitrogens is 1. The number of hydrogen-bond acceptors (Lipinski definition) is 6. The molecule has 1 atom stereocenters. The maximum atomic E-state index is 10.7. The van der Waals surface area contributed by atoms with Crippen LogP contribution in [-0.4, -0.2) is 28.2 Å². The molecule has 1 aliphatic heterocycles. The van der Waals surface area contributed by atoms with E-state index in [1.165, 1.54) is 12.1 Å². The summed E-state index contributed by atoms with van der Waals surface area (Å²) in [5.74, 6) is 0. The van der Waals surface area contributed by atoms with E-state index in [-0.39, 0.29) is 5.69 Å². The predicted molar refractivity (Wildman–Crippen MR) is 72.4 cm³/mol. The van der Waals surface area contributed by atoms with Gasteiger partial charge in [-0.05, 0) is 25.5 Å². The van der Waals surface area contributed by atoms with Gasteiger partial charge in [-0.2, -0.15) is 0 Å². The van der Waals surface area contributed by atoms with Crippen molar-refractivity contribution in [2.75, 3.05) is 13.1 Å². The van der Waals surface area contributed by atoms with Gasteiger partial charge in [-0.3, -0.25) is 10.1 Å². The number of benzene rings is 1. The molecule has 0 bridgehead atoms. The van der Waals surface area contributed by atoms with E-state index in [0.29, 0.717) is 21.6 Å². The molecule has 0 spiro atoms.